The highest BCUT2D eigenvalue weighted by Gasteiger charge is 2.12. The number of carbonyl (C=O) groups is 2. The molecule has 0 spiro atoms. The van der Waals surface area contributed by atoms with Crippen LogP contribution in [0.15, 0.2) is 18.2 Å². The van der Waals surface area contributed by atoms with Gasteiger partial charge in [-0.05, 0) is 24.6 Å². The molecule has 0 unspecified atom stereocenters. The van der Waals surface area contributed by atoms with Gasteiger partial charge >= 0.3 is 11.9 Å². The standard InChI is InChI=1S/C18H27NO4/c1-2-3-4-5-6-7-8-9-10-23-18(22)15-11-14(17(20)21)12-16(19)13-15/h11-13H,2-10,19H2,1H3,(H,20,21). The van der Waals surface area contributed by atoms with Crippen molar-refractivity contribution in [2.24, 2.45) is 0 Å². The lowest BCUT2D eigenvalue weighted by atomic mass is 10.1. The Morgan fingerprint density at radius 1 is 0.957 bits per heavy atom. The van der Waals surface area contributed by atoms with Crippen LogP contribution in [0, 0.1) is 0 Å². The summed E-state index contributed by atoms with van der Waals surface area (Å²) in [7, 11) is 0. The van der Waals surface area contributed by atoms with Gasteiger partial charge in [0.1, 0.15) is 0 Å². The smallest absolute Gasteiger partial charge is 0.338 e. The number of nitrogens with two attached hydrogens (primary N) is 1. The number of carbonyl (C=O) groups excluding carboxylic acids is 1. The maximum atomic E-state index is 11.9. The predicted molar refractivity (Wildman–Crippen MR) is 90.7 cm³/mol. The Hall–Kier alpha value is -2.04. The van der Waals surface area contributed by atoms with Crippen LogP contribution in [0.4, 0.5) is 5.69 Å². The molecule has 0 atom stereocenters. The molecule has 5 heteroatoms. The minimum Gasteiger partial charge on any atom is -0.478 e. The van der Waals surface area contributed by atoms with E-state index < -0.39 is 11.9 Å². The molecule has 1 rings (SSSR count). The van der Waals surface area contributed by atoms with Gasteiger partial charge in [0.25, 0.3) is 0 Å². The molecule has 5 nitrogen and oxygen atoms in total. The van der Waals surface area contributed by atoms with Crippen molar-refractivity contribution in [2.45, 2.75) is 58.3 Å². The number of nitrogen functional groups attached to an aromatic ring is 1. The number of carboxylic acids is 1. The quantitative estimate of drug-likeness (QED) is 0.361. The van der Waals surface area contributed by atoms with E-state index in [0.717, 1.165) is 19.3 Å². The number of carboxylic acid groups (broad SMARTS) is 1. The van der Waals surface area contributed by atoms with Crippen molar-refractivity contribution in [3.63, 3.8) is 0 Å². The largest absolute Gasteiger partial charge is 0.478 e. The number of aromatic carboxylic acids is 1. The normalized spacial score (nSPS) is 10.5. The Morgan fingerprint density at radius 2 is 1.52 bits per heavy atom. The highest BCUT2D eigenvalue weighted by molar-refractivity contribution is 5.96. The number of hydrogen-bond donors (Lipinski definition) is 2. The topological polar surface area (TPSA) is 89.6 Å². The molecule has 0 saturated carbocycles. The lowest BCUT2D eigenvalue weighted by Crippen LogP contribution is -2.09. The zero-order chi connectivity index (χ0) is 17.1. The third-order valence-corrected chi connectivity index (χ3v) is 3.67. The molecule has 128 valence electrons. The van der Waals surface area contributed by atoms with Crippen LogP contribution < -0.4 is 5.73 Å². The molecule has 0 amide bonds. The summed E-state index contributed by atoms with van der Waals surface area (Å²) in [6.07, 6.45) is 9.37. The number of hydrogen-bond acceptors (Lipinski definition) is 4. The highest BCUT2D eigenvalue weighted by atomic mass is 16.5. The van der Waals surface area contributed by atoms with E-state index in [1.807, 2.05) is 0 Å². The van der Waals surface area contributed by atoms with E-state index >= 15 is 0 Å². The molecule has 0 heterocycles. The van der Waals surface area contributed by atoms with Crippen molar-refractivity contribution < 1.29 is 19.4 Å². The van der Waals surface area contributed by atoms with E-state index in [0.29, 0.717) is 6.61 Å². The summed E-state index contributed by atoms with van der Waals surface area (Å²) in [6, 6.07) is 4.04. The van der Waals surface area contributed by atoms with Crippen LogP contribution in [0.2, 0.25) is 0 Å². The van der Waals surface area contributed by atoms with Crippen molar-refractivity contribution in [1.29, 1.82) is 0 Å². The Balaban J connectivity index is 2.25. The minimum absolute atomic E-state index is 0.0102. The van der Waals surface area contributed by atoms with Crippen LogP contribution in [0.1, 0.15) is 79.0 Å². The molecule has 3 N–H and O–H groups in total. The van der Waals surface area contributed by atoms with Gasteiger partial charge in [-0.1, -0.05) is 51.9 Å². The fourth-order valence-electron chi connectivity index (χ4n) is 2.38. The molecule has 1 aromatic rings. The van der Waals surface area contributed by atoms with E-state index in [9.17, 15) is 9.59 Å². The van der Waals surface area contributed by atoms with Gasteiger partial charge in [0.2, 0.25) is 0 Å². The van der Waals surface area contributed by atoms with E-state index in [4.69, 9.17) is 15.6 Å². The zero-order valence-corrected chi connectivity index (χ0v) is 13.8. The first-order valence-electron chi connectivity index (χ1n) is 8.35. The summed E-state index contributed by atoms with van der Waals surface area (Å²) < 4.78 is 5.18. The highest BCUT2D eigenvalue weighted by Crippen LogP contribution is 2.14. The second-order valence-corrected chi connectivity index (χ2v) is 5.76. The molecule has 0 aliphatic rings. The van der Waals surface area contributed by atoms with E-state index in [1.165, 1.54) is 50.3 Å². The molecule has 0 aliphatic carbocycles. The Labute approximate surface area is 137 Å². The first-order chi connectivity index (χ1) is 11.0. The third-order valence-electron chi connectivity index (χ3n) is 3.67. The number of esters is 1. The Morgan fingerprint density at radius 3 is 2.13 bits per heavy atom. The second-order valence-electron chi connectivity index (χ2n) is 5.76. The summed E-state index contributed by atoms with van der Waals surface area (Å²) in [5, 5.41) is 8.96. The summed E-state index contributed by atoms with van der Waals surface area (Å²) in [5.74, 6) is -1.64. The fraction of sp³-hybridized carbons (Fsp3) is 0.556. The van der Waals surface area contributed by atoms with Crippen LogP contribution in [0.3, 0.4) is 0 Å². The van der Waals surface area contributed by atoms with Crippen molar-refractivity contribution in [1.82, 2.24) is 0 Å². The second kappa shape index (κ2) is 10.6. The van der Waals surface area contributed by atoms with E-state index in [1.54, 1.807) is 0 Å². The first-order valence-corrected chi connectivity index (χ1v) is 8.35. The molecule has 0 fully saturated rings. The zero-order valence-electron chi connectivity index (χ0n) is 13.8. The van der Waals surface area contributed by atoms with Crippen molar-refractivity contribution >= 4 is 17.6 Å². The van der Waals surface area contributed by atoms with Gasteiger partial charge in [-0.2, -0.15) is 0 Å². The maximum Gasteiger partial charge on any atom is 0.338 e. The maximum absolute atomic E-state index is 11.9. The third kappa shape index (κ3) is 7.68. The first kappa shape index (κ1) is 19.0. The van der Waals surface area contributed by atoms with E-state index in [-0.39, 0.29) is 16.8 Å². The predicted octanol–water partition coefficient (Wildman–Crippen LogP) is 4.26. The number of unbranched alkanes of at least 4 members (excludes halogenated alkanes) is 7. The van der Waals surface area contributed by atoms with Crippen LogP contribution in [0.25, 0.3) is 0 Å². The summed E-state index contributed by atoms with van der Waals surface area (Å²) >= 11 is 0. The average molecular weight is 321 g/mol. The Bertz CT molecular complexity index is 514. The molecule has 0 saturated heterocycles. The van der Waals surface area contributed by atoms with Crippen LogP contribution in [-0.2, 0) is 4.74 Å². The molecule has 0 radical (unpaired) electrons. The molecule has 0 bridgehead atoms. The summed E-state index contributed by atoms with van der Waals surface area (Å²) in [5.41, 5.74) is 6.02. The number of benzene rings is 1. The number of anilines is 1. The fourth-order valence-corrected chi connectivity index (χ4v) is 2.38. The molecule has 1 aromatic carbocycles. The SMILES string of the molecule is CCCCCCCCCCOC(=O)c1cc(N)cc(C(=O)O)c1. The van der Waals surface area contributed by atoms with Gasteiger partial charge in [0.05, 0.1) is 17.7 Å². The minimum atomic E-state index is -1.12. The lowest BCUT2D eigenvalue weighted by Gasteiger charge is -2.07. The van der Waals surface area contributed by atoms with Gasteiger partial charge in [-0.25, -0.2) is 9.59 Å². The van der Waals surface area contributed by atoms with Crippen LogP contribution >= 0.6 is 0 Å². The van der Waals surface area contributed by atoms with Gasteiger partial charge in [-0.3, -0.25) is 0 Å². The monoisotopic (exact) mass is 321 g/mol. The van der Waals surface area contributed by atoms with Crippen molar-refractivity contribution in [2.75, 3.05) is 12.3 Å². The molecular weight excluding hydrogens is 294 g/mol. The van der Waals surface area contributed by atoms with Gasteiger partial charge in [0.15, 0.2) is 0 Å². The van der Waals surface area contributed by atoms with Crippen molar-refractivity contribution in [3.8, 4) is 0 Å². The number of rotatable bonds is 11. The van der Waals surface area contributed by atoms with Crippen LogP contribution in [-0.4, -0.2) is 23.7 Å². The average Bonchev–Trinajstić information content (AvgIpc) is 2.52. The molecule has 0 aliphatic heterocycles. The van der Waals surface area contributed by atoms with Crippen LogP contribution in [0.5, 0.6) is 0 Å². The number of ether oxygens (including phenoxy) is 1. The van der Waals surface area contributed by atoms with E-state index in [2.05, 4.69) is 6.92 Å². The lowest BCUT2D eigenvalue weighted by molar-refractivity contribution is 0.0497. The summed E-state index contributed by atoms with van der Waals surface area (Å²) in [4.78, 5) is 22.9. The van der Waals surface area contributed by atoms with Gasteiger partial charge in [-0.15, -0.1) is 0 Å². The molecule has 23 heavy (non-hydrogen) atoms. The van der Waals surface area contributed by atoms with Gasteiger partial charge < -0.3 is 15.6 Å². The van der Waals surface area contributed by atoms with Crippen molar-refractivity contribution in [3.05, 3.63) is 29.3 Å². The summed E-state index contributed by atoms with van der Waals surface area (Å²) in [6.45, 7) is 2.55. The molecular formula is C18H27NO4. The Kier molecular flexibility index (Phi) is 8.80. The van der Waals surface area contributed by atoms with Gasteiger partial charge in [0, 0.05) is 5.69 Å². The molecule has 0 aromatic heterocycles.